The number of benzene rings is 1. The fourth-order valence-electron chi connectivity index (χ4n) is 3.13. The fourth-order valence-corrected chi connectivity index (χ4v) is 3.35. The Balaban J connectivity index is 1.60. The van der Waals surface area contributed by atoms with Crippen molar-refractivity contribution in [2.24, 2.45) is 10.2 Å². The SMILES string of the molecule is CC(=NNc1cc(NN=C(C)c2ccncc2)nc(Nc2ccc(OC(F)(F)F)c(Cl)c2)n1)c1ccncc1. The number of aromatic nitrogens is 4. The number of anilines is 4. The third kappa shape index (κ3) is 8.10. The summed E-state index contributed by atoms with van der Waals surface area (Å²) < 4.78 is 41.6. The molecule has 0 saturated carbocycles. The van der Waals surface area contributed by atoms with Crippen LogP contribution < -0.4 is 20.9 Å². The van der Waals surface area contributed by atoms with Gasteiger partial charge in [-0.05, 0) is 56.3 Å². The molecule has 0 aliphatic carbocycles. The number of nitrogens with one attached hydrogen (secondary N) is 3. The van der Waals surface area contributed by atoms with E-state index in [0.29, 0.717) is 28.7 Å². The van der Waals surface area contributed by atoms with Crippen LogP contribution in [0.3, 0.4) is 0 Å². The van der Waals surface area contributed by atoms with Crippen LogP contribution in [0.2, 0.25) is 5.02 Å². The zero-order valence-corrected chi connectivity index (χ0v) is 21.3. The highest BCUT2D eigenvalue weighted by Gasteiger charge is 2.32. The lowest BCUT2D eigenvalue weighted by Crippen LogP contribution is -2.17. The molecule has 0 aliphatic heterocycles. The van der Waals surface area contributed by atoms with Crippen LogP contribution in [0.5, 0.6) is 5.75 Å². The van der Waals surface area contributed by atoms with Crippen LogP contribution in [0.15, 0.2) is 83.5 Å². The van der Waals surface area contributed by atoms with E-state index in [1.807, 2.05) is 38.1 Å². The van der Waals surface area contributed by atoms with E-state index >= 15 is 0 Å². The monoisotopic (exact) mass is 555 g/mol. The number of ether oxygens (including phenoxy) is 1. The third-order valence-electron chi connectivity index (χ3n) is 5.01. The second-order valence-corrected chi connectivity index (χ2v) is 8.28. The number of rotatable bonds is 9. The minimum Gasteiger partial charge on any atom is -0.404 e. The van der Waals surface area contributed by atoms with Crippen LogP contribution in [0.4, 0.5) is 36.4 Å². The standard InChI is InChI=1S/C25H21ClF3N9O/c1-15(17-5-9-30-10-6-17)35-37-22-14-23(38-36-16(2)18-7-11-31-12-8-18)34-24(33-22)32-19-3-4-21(20(26)13-19)39-25(27,28)29/h3-14H,1-2H3,(H3,32,33,34,37,38). The molecule has 0 aliphatic rings. The summed E-state index contributed by atoms with van der Waals surface area (Å²) in [5.74, 6) is 0.179. The van der Waals surface area contributed by atoms with Crippen molar-refractivity contribution in [3.05, 3.63) is 89.5 Å². The van der Waals surface area contributed by atoms with E-state index in [-0.39, 0.29) is 11.0 Å². The molecule has 0 unspecified atom stereocenters. The minimum atomic E-state index is -4.87. The molecule has 1 aromatic carbocycles. The molecule has 39 heavy (non-hydrogen) atoms. The lowest BCUT2D eigenvalue weighted by atomic mass is 10.2. The van der Waals surface area contributed by atoms with Crippen LogP contribution in [-0.2, 0) is 0 Å². The predicted molar refractivity (Wildman–Crippen MR) is 144 cm³/mol. The summed E-state index contributed by atoms with van der Waals surface area (Å²) in [5, 5.41) is 11.4. The first-order valence-electron chi connectivity index (χ1n) is 11.3. The van der Waals surface area contributed by atoms with E-state index in [0.717, 1.165) is 17.2 Å². The van der Waals surface area contributed by atoms with Crippen LogP contribution in [-0.4, -0.2) is 37.7 Å². The molecule has 0 amide bonds. The van der Waals surface area contributed by atoms with Gasteiger partial charge in [0.05, 0.1) is 16.4 Å². The molecule has 200 valence electrons. The quantitative estimate of drug-likeness (QED) is 0.164. The summed E-state index contributed by atoms with van der Waals surface area (Å²) in [6.45, 7) is 3.63. The molecular weight excluding hydrogens is 535 g/mol. The number of nitrogens with zero attached hydrogens (tertiary/aromatic N) is 6. The molecule has 4 rings (SSSR count). The van der Waals surface area contributed by atoms with Gasteiger partial charge in [0, 0.05) is 47.7 Å². The Bertz CT molecular complexity index is 1410. The molecule has 0 fully saturated rings. The first kappa shape index (κ1) is 27.3. The summed E-state index contributed by atoms with van der Waals surface area (Å²) in [4.78, 5) is 16.8. The van der Waals surface area contributed by atoms with Crippen molar-refractivity contribution in [2.45, 2.75) is 20.2 Å². The van der Waals surface area contributed by atoms with Crippen LogP contribution >= 0.6 is 11.6 Å². The number of alkyl halides is 3. The van der Waals surface area contributed by atoms with Crippen molar-refractivity contribution in [3.63, 3.8) is 0 Å². The Morgan fingerprint density at radius 1 is 0.795 bits per heavy atom. The molecule has 0 spiro atoms. The number of hydrazone groups is 2. The second kappa shape index (κ2) is 12.2. The first-order valence-corrected chi connectivity index (χ1v) is 11.7. The van der Waals surface area contributed by atoms with Crippen LogP contribution in [0.25, 0.3) is 0 Å². The Morgan fingerprint density at radius 3 is 1.77 bits per heavy atom. The highest BCUT2D eigenvalue weighted by atomic mass is 35.5. The lowest BCUT2D eigenvalue weighted by molar-refractivity contribution is -0.274. The Kier molecular flexibility index (Phi) is 8.51. The largest absolute Gasteiger partial charge is 0.573 e. The number of hydrogen-bond acceptors (Lipinski definition) is 10. The molecule has 0 atom stereocenters. The first-order chi connectivity index (χ1) is 18.7. The molecular formula is C25H21ClF3N9O. The highest BCUT2D eigenvalue weighted by Crippen LogP contribution is 2.33. The van der Waals surface area contributed by atoms with E-state index in [9.17, 15) is 13.2 Å². The maximum Gasteiger partial charge on any atom is 0.573 e. The van der Waals surface area contributed by atoms with E-state index in [2.05, 4.69) is 51.0 Å². The highest BCUT2D eigenvalue weighted by molar-refractivity contribution is 6.32. The average Bonchev–Trinajstić information content (AvgIpc) is 2.92. The van der Waals surface area contributed by atoms with Crippen LogP contribution in [0.1, 0.15) is 25.0 Å². The lowest BCUT2D eigenvalue weighted by Gasteiger charge is -2.13. The Labute approximate surface area is 226 Å². The normalized spacial score (nSPS) is 12.2. The van der Waals surface area contributed by atoms with Gasteiger partial charge in [0.25, 0.3) is 0 Å². The molecule has 3 heterocycles. The van der Waals surface area contributed by atoms with E-state index in [4.69, 9.17) is 11.6 Å². The smallest absolute Gasteiger partial charge is 0.404 e. The van der Waals surface area contributed by atoms with Gasteiger partial charge in [-0.1, -0.05) is 11.6 Å². The van der Waals surface area contributed by atoms with Gasteiger partial charge in [-0.3, -0.25) is 20.8 Å². The number of halogens is 4. The van der Waals surface area contributed by atoms with Gasteiger partial charge >= 0.3 is 6.36 Å². The summed E-state index contributed by atoms with van der Waals surface area (Å²) in [7, 11) is 0. The maximum absolute atomic E-state index is 12.6. The molecule has 0 saturated heterocycles. The average molecular weight is 556 g/mol. The molecule has 0 bridgehead atoms. The maximum atomic E-state index is 12.6. The molecule has 0 radical (unpaired) electrons. The summed E-state index contributed by atoms with van der Waals surface area (Å²) in [6, 6.07) is 12.5. The van der Waals surface area contributed by atoms with Gasteiger partial charge < -0.3 is 10.1 Å². The number of pyridine rings is 2. The van der Waals surface area contributed by atoms with Gasteiger partial charge in [0.1, 0.15) is 5.75 Å². The molecule has 4 aromatic rings. The second-order valence-electron chi connectivity index (χ2n) is 7.87. The van der Waals surface area contributed by atoms with Gasteiger partial charge in [-0.25, -0.2) is 0 Å². The van der Waals surface area contributed by atoms with Gasteiger partial charge in [0.2, 0.25) is 5.95 Å². The predicted octanol–water partition coefficient (Wildman–Crippen LogP) is 6.23. The molecule has 14 heteroatoms. The van der Waals surface area contributed by atoms with Crippen molar-refractivity contribution in [1.82, 2.24) is 19.9 Å². The van der Waals surface area contributed by atoms with Crippen LogP contribution in [0, 0.1) is 0 Å². The fraction of sp³-hybridized carbons (Fsp3) is 0.120. The summed E-state index contributed by atoms with van der Waals surface area (Å²) in [5.41, 5.74) is 9.17. The minimum absolute atomic E-state index is 0.0941. The van der Waals surface area contributed by atoms with Crippen molar-refractivity contribution >= 4 is 46.3 Å². The zero-order chi connectivity index (χ0) is 27.8. The van der Waals surface area contributed by atoms with E-state index in [1.54, 1.807) is 30.9 Å². The Hall–Kier alpha value is -4.78. The zero-order valence-electron chi connectivity index (χ0n) is 20.5. The van der Waals surface area contributed by atoms with Crippen molar-refractivity contribution in [3.8, 4) is 5.75 Å². The summed E-state index contributed by atoms with van der Waals surface area (Å²) in [6.07, 6.45) is 1.75. The topological polar surface area (TPSA) is 122 Å². The Morgan fingerprint density at radius 2 is 1.31 bits per heavy atom. The third-order valence-corrected chi connectivity index (χ3v) is 5.31. The van der Waals surface area contributed by atoms with Crippen molar-refractivity contribution in [1.29, 1.82) is 0 Å². The van der Waals surface area contributed by atoms with Crippen molar-refractivity contribution < 1.29 is 17.9 Å². The van der Waals surface area contributed by atoms with Gasteiger partial charge in [-0.2, -0.15) is 20.2 Å². The summed E-state index contributed by atoms with van der Waals surface area (Å²) >= 11 is 5.97. The molecule has 3 N–H and O–H groups in total. The number of hydrogen-bond donors (Lipinski definition) is 3. The molecule has 3 aromatic heterocycles. The van der Waals surface area contributed by atoms with Gasteiger partial charge in [-0.15, -0.1) is 13.2 Å². The van der Waals surface area contributed by atoms with Gasteiger partial charge in [0.15, 0.2) is 11.6 Å². The van der Waals surface area contributed by atoms with Crippen molar-refractivity contribution in [2.75, 3.05) is 16.2 Å². The van der Waals surface area contributed by atoms with E-state index in [1.165, 1.54) is 12.1 Å². The molecule has 10 nitrogen and oxygen atoms in total. The van der Waals surface area contributed by atoms with E-state index < -0.39 is 12.1 Å².